The Bertz CT molecular complexity index is 496. The van der Waals surface area contributed by atoms with Gasteiger partial charge >= 0.3 is 0 Å². The van der Waals surface area contributed by atoms with Crippen LogP contribution < -0.4 is 5.73 Å². The zero-order chi connectivity index (χ0) is 12.5. The molecule has 0 bridgehead atoms. The van der Waals surface area contributed by atoms with Crippen LogP contribution in [-0.4, -0.2) is 26.5 Å². The van der Waals surface area contributed by atoms with E-state index in [0.717, 1.165) is 11.1 Å². The summed E-state index contributed by atoms with van der Waals surface area (Å²) in [5, 5.41) is 0. The maximum atomic E-state index is 11.8. The summed E-state index contributed by atoms with van der Waals surface area (Å²) in [7, 11) is -2.90. The van der Waals surface area contributed by atoms with Crippen LogP contribution in [0.2, 0.25) is 0 Å². The molecule has 3 nitrogen and oxygen atoms in total. The van der Waals surface area contributed by atoms with Gasteiger partial charge in [0.2, 0.25) is 0 Å². The lowest BCUT2D eigenvalue weighted by molar-refractivity contribution is 0.420. The van der Waals surface area contributed by atoms with Crippen LogP contribution in [0.15, 0.2) is 24.3 Å². The number of sulfone groups is 1. The summed E-state index contributed by atoms with van der Waals surface area (Å²) in [4.78, 5) is 0. The van der Waals surface area contributed by atoms with Gasteiger partial charge in [0, 0.05) is 5.92 Å². The summed E-state index contributed by atoms with van der Waals surface area (Å²) in [5.74, 6) is 0.899. The highest BCUT2D eigenvalue weighted by Gasteiger charge is 2.33. The fraction of sp³-hybridized carbons (Fsp3) is 0.538. The van der Waals surface area contributed by atoms with Gasteiger partial charge in [0.25, 0.3) is 0 Å². The van der Waals surface area contributed by atoms with E-state index in [2.05, 4.69) is 0 Å². The van der Waals surface area contributed by atoms with E-state index in [1.54, 1.807) is 0 Å². The molecule has 0 aliphatic carbocycles. The van der Waals surface area contributed by atoms with Crippen molar-refractivity contribution in [3.63, 3.8) is 0 Å². The molecule has 1 aromatic rings. The van der Waals surface area contributed by atoms with E-state index in [-0.39, 0.29) is 17.4 Å². The molecule has 1 aromatic carbocycles. The van der Waals surface area contributed by atoms with Gasteiger partial charge in [0.1, 0.15) is 0 Å². The molecule has 1 saturated heterocycles. The second-order valence-electron chi connectivity index (χ2n) is 4.86. The molecule has 0 aromatic heterocycles. The van der Waals surface area contributed by atoms with Crippen molar-refractivity contribution in [1.82, 2.24) is 0 Å². The molecule has 1 heterocycles. The van der Waals surface area contributed by atoms with Crippen molar-refractivity contribution < 1.29 is 8.42 Å². The number of benzene rings is 1. The van der Waals surface area contributed by atoms with E-state index in [1.807, 2.05) is 31.2 Å². The lowest BCUT2D eigenvalue weighted by atomic mass is 9.83. The van der Waals surface area contributed by atoms with Gasteiger partial charge in [-0.15, -0.1) is 0 Å². The minimum absolute atomic E-state index is 0.0694. The Morgan fingerprint density at radius 1 is 1.35 bits per heavy atom. The predicted molar refractivity (Wildman–Crippen MR) is 69.7 cm³/mol. The molecule has 2 rings (SSSR count). The van der Waals surface area contributed by atoms with Crippen LogP contribution in [0.3, 0.4) is 0 Å². The summed E-state index contributed by atoms with van der Waals surface area (Å²) in [6, 6.07) is 8.01. The van der Waals surface area contributed by atoms with Crippen molar-refractivity contribution in [2.45, 2.75) is 19.3 Å². The minimum atomic E-state index is -2.90. The van der Waals surface area contributed by atoms with Crippen molar-refractivity contribution in [3.8, 4) is 0 Å². The van der Waals surface area contributed by atoms with Crippen LogP contribution in [0, 0.1) is 12.8 Å². The Labute approximate surface area is 103 Å². The van der Waals surface area contributed by atoms with Crippen molar-refractivity contribution in [1.29, 1.82) is 0 Å². The van der Waals surface area contributed by atoms with Gasteiger partial charge in [0.05, 0.1) is 11.5 Å². The van der Waals surface area contributed by atoms with Gasteiger partial charge in [-0.1, -0.05) is 24.3 Å². The second-order valence-corrected chi connectivity index (χ2v) is 7.09. The van der Waals surface area contributed by atoms with Gasteiger partial charge in [-0.2, -0.15) is 0 Å². The van der Waals surface area contributed by atoms with Crippen LogP contribution >= 0.6 is 0 Å². The van der Waals surface area contributed by atoms with Gasteiger partial charge in [-0.05, 0) is 36.9 Å². The zero-order valence-corrected chi connectivity index (χ0v) is 10.9. The Balaban J connectivity index is 2.36. The maximum Gasteiger partial charge on any atom is 0.150 e. The van der Waals surface area contributed by atoms with Crippen LogP contribution in [0.4, 0.5) is 0 Å². The summed E-state index contributed by atoms with van der Waals surface area (Å²) in [6.07, 6.45) is 0.692. The van der Waals surface area contributed by atoms with Gasteiger partial charge < -0.3 is 5.73 Å². The molecule has 0 spiro atoms. The van der Waals surface area contributed by atoms with Crippen molar-refractivity contribution >= 4 is 9.84 Å². The average Bonchev–Trinajstić information content (AvgIpc) is 2.28. The molecule has 1 aliphatic rings. The lowest BCUT2D eigenvalue weighted by Crippen LogP contribution is -2.35. The lowest BCUT2D eigenvalue weighted by Gasteiger charge is -2.31. The highest BCUT2D eigenvalue weighted by molar-refractivity contribution is 7.91. The summed E-state index contributed by atoms with van der Waals surface area (Å²) < 4.78 is 23.5. The molecule has 0 amide bonds. The first-order valence-electron chi connectivity index (χ1n) is 5.99. The molecule has 94 valence electrons. The summed E-state index contributed by atoms with van der Waals surface area (Å²) in [6.45, 7) is 2.60. The van der Waals surface area contributed by atoms with Gasteiger partial charge in [-0.3, -0.25) is 0 Å². The summed E-state index contributed by atoms with van der Waals surface area (Å²) >= 11 is 0. The van der Waals surface area contributed by atoms with Gasteiger partial charge in [0.15, 0.2) is 9.84 Å². The van der Waals surface area contributed by atoms with E-state index in [0.29, 0.717) is 18.9 Å². The van der Waals surface area contributed by atoms with E-state index >= 15 is 0 Å². The fourth-order valence-corrected chi connectivity index (χ4v) is 4.48. The minimum Gasteiger partial charge on any atom is -0.330 e. The van der Waals surface area contributed by atoms with Crippen molar-refractivity contribution in [3.05, 3.63) is 35.4 Å². The third-order valence-electron chi connectivity index (χ3n) is 3.69. The highest BCUT2D eigenvalue weighted by atomic mass is 32.2. The molecular weight excluding hydrogens is 234 g/mol. The SMILES string of the molecule is Cc1ccccc1C1CS(=O)(=O)CCC1CN. The van der Waals surface area contributed by atoms with Crippen LogP contribution in [0.5, 0.6) is 0 Å². The molecule has 2 unspecified atom stereocenters. The monoisotopic (exact) mass is 253 g/mol. The number of aryl methyl sites for hydroxylation is 1. The third kappa shape index (κ3) is 2.69. The quantitative estimate of drug-likeness (QED) is 0.868. The molecule has 0 radical (unpaired) electrons. The first kappa shape index (κ1) is 12.6. The summed E-state index contributed by atoms with van der Waals surface area (Å²) in [5.41, 5.74) is 8.08. The molecular formula is C13H19NO2S. The van der Waals surface area contributed by atoms with Gasteiger partial charge in [-0.25, -0.2) is 8.42 Å². The number of nitrogens with two attached hydrogens (primary N) is 1. The Morgan fingerprint density at radius 2 is 2.06 bits per heavy atom. The standard InChI is InChI=1S/C13H19NO2S/c1-10-4-2-3-5-12(10)13-9-17(15,16)7-6-11(13)8-14/h2-5,11,13H,6-9,14H2,1H3. The Hall–Kier alpha value is -0.870. The predicted octanol–water partition coefficient (Wildman–Crippen LogP) is 1.47. The molecule has 2 atom stereocenters. The van der Waals surface area contributed by atoms with Crippen LogP contribution in [0.25, 0.3) is 0 Å². The number of hydrogen-bond donors (Lipinski definition) is 1. The highest BCUT2D eigenvalue weighted by Crippen LogP contribution is 2.34. The molecule has 2 N–H and O–H groups in total. The molecule has 0 saturated carbocycles. The molecule has 17 heavy (non-hydrogen) atoms. The number of hydrogen-bond acceptors (Lipinski definition) is 3. The van der Waals surface area contributed by atoms with E-state index in [1.165, 1.54) is 0 Å². The normalized spacial score (nSPS) is 27.9. The third-order valence-corrected chi connectivity index (χ3v) is 5.42. The maximum absolute atomic E-state index is 11.8. The first-order valence-corrected chi connectivity index (χ1v) is 7.81. The van der Waals surface area contributed by atoms with E-state index in [9.17, 15) is 8.42 Å². The topological polar surface area (TPSA) is 60.2 Å². The first-order chi connectivity index (χ1) is 8.03. The smallest absolute Gasteiger partial charge is 0.150 e. The Kier molecular flexibility index (Phi) is 3.54. The fourth-order valence-electron chi connectivity index (χ4n) is 2.65. The molecule has 4 heteroatoms. The van der Waals surface area contributed by atoms with E-state index < -0.39 is 9.84 Å². The zero-order valence-electron chi connectivity index (χ0n) is 10.1. The van der Waals surface area contributed by atoms with Crippen LogP contribution in [-0.2, 0) is 9.84 Å². The van der Waals surface area contributed by atoms with Crippen molar-refractivity contribution in [2.24, 2.45) is 11.7 Å². The van der Waals surface area contributed by atoms with E-state index in [4.69, 9.17) is 5.73 Å². The van der Waals surface area contributed by atoms with Crippen LogP contribution in [0.1, 0.15) is 23.5 Å². The second kappa shape index (κ2) is 4.78. The molecule has 1 aliphatic heterocycles. The number of rotatable bonds is 2. The largest absolute Gasteiger partial charge is 0.330 e. The Morgan fingerprint density at radius 3 is 2.71 bits per heavy atom. The van der Waals surface area contributed by atoms with Crippen molar-refractivity contribution in [2.75, 3.05) is 18.1 Å². The average molecular weight is 253 g/mol. The molecule has 1 fully saturated rings.